The van der Waals surface area contributed by atoms with Crippen molar-refractivity contribution in [2.24, 2.45) is 11.8 Å². The van der Waals surface area contributed by atoms with Gasteiger partial charge in [-0.15, -0.1) is 0 Å². The molecule has 0 aromatic heterocycles. The number of carbonyl (C=O) groups is 2. The van der Waals surface area contributed by atoms with Gasteiger partial charge in [-0.1, -0.05) is 44.2 Å². The molecule has 1 atom stereocenters. The van der Waals surface area contributed by atoms with Gasteiger partial charge in [-0.3, -0.25) is 9.59 Å². The summed E-state index contributed by atoms with van der Waals surface area (Å²) in [4.78, 5) is 25.0. The molecular weight excluding hydrogens is 426 g/mol. The van der Waals surface area contributed by atoms with Gasteiger partial charge in [0.2, 0.25) is 21.8 Å². The van der Waals surface area contributed by atoms with Crippen LogP contribution in [0.15, 0.2) is 59.5 Å². The fourth-order valence-corrected chi connectivity index (χ4v) is 5.13. The van der Waals surface area contributed by atoms with Crippen LogP contribution in [-0.2, 0) is 26.2 Å². The maximum absolute atomic E-state index is 12.7. The minimum absolute atomic E-state index is 0.0223. The van der Waals surface area contributed by atoms with Crippen molar-refractivity contribution in [1.82, 2.24) is 9.62 Å². The molecule has 172 valence electrons. The second kappa shape index (κ2) is 10.7. The number of amides is 2. The molecule has 1 heterocycles. The summed E-state index contributed by atoms with van der Waals surface area (Å²) in [6.07, 6.45) is 1.75. The van der Waals surface area contributed by atoms with Crippen LogP contribution in [0.4, 0.5) is 5.69 Å². The van der Waals surface area contributed by atoms with E-state index in [1.165, 1.54) is 4.31 Å². The summed E-state index contributed by atoms with van der Waals surface area (Å²) < 4.78 is 26.9. The average Bonchev–Trinajstić information content (AvgIpc) is 2.82. The van der Waals surface area contributed by atoms with E-state index < -0.39 is 10.0 Å². The Morgan fingerprint density at radius 3 is 2.41 bits per heavy atom. The first kappa shape index (κ1) is 23.9. The minimum atomic E-state index is -3.52. The van der Waals surface area contributed by atoms with Gasteiger partial charge in [-0.2, -0.15) is 4.31 Å². The Kier molecular flexibility index (Phi) is 8.04. The Morgan fingerprint density at radius 2 is 1.75 bits per heavy atom. The molecule has 1 saturated heterocycles. The van der Waals surface area contributed by atoms with Crippen LogP contribution < -0.4 is 10.6 Å². The Hall–Kier alpha value is -2.71. The number of nitrogens with zero attached hydrogens (tertiary/aromatic N) is 1. The Bertz CT molecular complexity index is 1030. The van der Waals surface area contributed by atoms with Crippen molar-refractivity contribution < 1.29 is 18.0 Å². The molecule has 0 aliphatic carbocycles. The van der Waals surface area contributed by atoms with Gasteiger partial charge >= 0.3 is 0 Å². The molecule has 0 bridgehead atoms. The van der Waals surface area contributed by atoms with Crippen molar-refractivity contribution in [3.63, 3.8) is 0 Å². The number of hydrogen-bond donors (Lipinski definition) is 2. The fraction of sp³-hybridized carbons (Fsp3) is 0.417. The van der Waals surface area contributed by atoms with E-state index in [1.54, 1.807) is 30.3 Å². The van der Waals surface area contributed by atoms with Crippen molar-refractivity contribution >= 4 is 27.5 Å². The molecule has 1 unspecified atom stereocenters. The van der Waals surface area contributed by atoms with Crippen LogP contribution >= 0.6 is 0 Å². The second-order valence-corrected chi connectivity index (χ2v) is 10.1. The van der Waals surface area contributed by atoms with E-state index in [0.717, 1.165) is 12.0 Å². The molecule has 2 aromatic carbocycles. The minimum Gasteiger partial charge on any atom is -0.352 e. The molecule has 3 rings (SSSR count). The third-order valence-corrected chi connectivity index (χ3v) is 7.84. The van der Waals surface area contributed by atoms with Gasteiger partial charge in [0.1, 0.15) is 0 Å². The SMILES string of the molecule is CCC(C)C(=O)Nc1cccc(CNC(=O)C2CCN(S(=O)(=O)c3ccccc3)CC2)c1. The van der Waals surface area contributed by atoms with Crippen molar-refractivity contribution in [1.29, 1.82) is 0 Å². The van der Waals surface area contributed by atoms with Gasteiger partial charge in [-0.05, 0) is 49.1 Å². The smallest absolute Gasteiger partial charge is 0.243 e. The fourth-order valence-electron chi connectivity index (χ4n) is 3.64. The van der Waals surface area contributed by atoms with Gasteiger partial charge in [0.05, 0.1) is 4.90 Å². The summed E-state index contributed by atoms with van der Waals surface area (Å²) in [5.41, 5.74) is 1.60. The zero-order chi connectivity index (χ0) is 23.1. The monoisotopic (exact) mass is 457 g/mol. The van der Waals surface area contributed by atoms with Crippen molar-refractivity contribution in [2.45, 2.75) is 44.6 Å². The highest BCUT2D eigenvalue weighted by atomic mass is 32.2. The summed E-state index contributed by atoms with van der Waals surface area (Å²) in [5.74, 6) is -0.373. The molecule has 0 saturated carbocycles. The molecule has 8 heteroatoms. The highest BCUT2D eigenvalue weighted by Crippen LogP contribution is 2.24. The lowest BCUT2D eigenvalue weighted by Gasteiger charge is -2.30. The van der Waals surface area contributed by atoms with E-state index in [1.807, 2.05) is 38.1 Å². The molecule has 2 amide bonds. The third-order valence-electron chi connectivity index (χ3n) is 5.93. The molecule has 0 spiro atoms. The van der Waals surface area contributed by atoms with Crippen molar-refractivity contribution in [3.05, 3.63) is 60.2 Å². The normalized spacial score (nSPS) is 16.3. The lowest BCUT2D eigenvalue weighted by atomic mass is 9.97. The van der Waals surface area contributed by atoms with Crippen molar-refractivity contribution in [3.8, 4) is 0 Å². The van der Waals surface area contributed by atoms with E-state index in [4.69, 9.17) is 0 Å². The van der Waals surface area contributed by atoms with E-state index in [0.29, 0.717) is 38.2 Å². The van der Waals surface area contributed by atoms with Gasteiger partial charge < -0.3 is 10.6 Å². The lowest BCUT2D eigenvalue weighted by molar-refractivity contribution is -0.126. The van der Waals surface area contributed by atoms with E-state index in [2.05, 4.69) is 10.6 Å². The first-order valence-corrected chi connectivity index (χ1v) is 12.5. The molecule has 1 aliphatic rings. The van der Waals surface area contributed by atoms with E-state index in [9.17, 15) is 18.0 Å². The molecule has 0 radical (unpaired) electrons. The van der Waals surface area contributed by atoms with Crippen molar-refractivity contribution in [2.75, 3.05) is 18.4 Å². The number of rotatable bonds is 8. The highest BCUT2D eigenvalue weighted by molar-refractivity contribution is 7.89. The van der Waals surface area contributed by atoms with Crippen LogP contribution in [-0.4, -0.2) is 37.6 Å². The lowest BCUT2D eigenvalue weighted by Crippen LogP contribution is -2.42. The average molecular weight is 458 g/mol. The molecule has 32 heavy (non-hydrogen) atoms. The van der Waals surface area contributed by atoms with Crippen LogP contribution in [0.1, 0.15) is 38.7 Å². The number of benzene rings is 2. The molecule has 2 N–H and O–H groups in total. The molecule has 1 fully saturated rings. The van der Waals surface area contributed by atoms with Crippen LogP contribution in [0.2, 0.25) is 0 Å². The second-order valence-electron chi connectivity index (χ2n) is 8.21. The summed E-state index contributed by atoms with van der Waals surface area (Å²) >= 11 is 0. The molecule has 2 aromatic rings. The zero-order valence-corrected chi connectivity index (χ0v) is 19.4. The quantitative estimate of drug-likeness (QED) is 0.635. The van der Waals surface area contributed by atoms with Crippen LogP contribution in [0.5, 0.6) is 0 Å². The summed E-state index contributed by atoms with van der Waals surface area (Å²) in [6, 6.07) is 15.8. The maximum atomic E-state index is 12.7. The standard InChI is InChI=1S/C24H31N3O4S/c1-3-18(2)23(28)26-21-9-7-8-19(16-21)17-25-24(29)20-12-14-27(15-13-20)32(30,31)22-10-5-4-6-11-22/h4-11,16,18,20H,3,12-15,17H2,1-2H3,(H,25,29)(H,26,28). The first-order valence-electron chi connectivity index (χ1n) is 11.0. The zero-order valence-electron chi connectivity index (χ0n) is 18.6. The Balaban J connectivity index is 1.51. The summed E-state index contributed by atoms with van der Waals surface area (Å²) in [5, 5.41) is 5.85. The predicted octanol–water partition coefficient (Wildman–Crippen LogP) is 3.39. The van der Waals surface area contributed by atoms with Gasteiger partial charge in [-0.25, -0.2) is 8.42 Å². The molecule has 7 nitrogen and oxygen atoms in total. The molecular formula is C24H31N3O4S. The van der Waals surface area contributed by atoms with Crippen LogP contribution in [0.3, 0.4) is 0 Å². The largest absolute Gasteiger partial charge is 0.352 e. The van der Waals surface area contributed by atoms with Crippen LogP contribution in [0.25, 0.3) is 0 Å². The number of anilines is 1. The highest BCUT2D eigenvalue weighted by Gasteiger charge is 2.31. The summed E-state index contributed by atoms with van der Waals surface area (Å²) in [7, 11) is -3.52. The number of nitrogens with one attached hydrogen (secondary N) is 2. The van der Waals surface area contributed by atoms with Crippen LogP contribution in [0, 0.1) is 11.8 Å². The predicted molar refractivity (Wildman–Crippen MR) is 124 cm³/mol. The topological polar surface area (TPSA) is 95.6 Å². The van der Waals surface area contributed by atoms with Gasteiger partial charge in [0.25, 0.3) is 0 Å². The summed E-state index contributed by atoms with van der Waals surface area (Å²) in [6.45, 7) is 4.86. The number of sulfonamides is 1. The van der Waals surface area contributed by atoms with E-state index in [-0.39, 0.29) is 28.5 Å². The first-order chi connectivity index (χ1) is 15.3. The van der Waals surface area contributed by atoms with Gasteiger partial charge in [0.15, 0.2) is 0 Å². The maximum Gasteiger partial charge on any atom is 0.243 e. The van der Waals surface area contributed by atoms with E-state index >= 15 is 0 Å². The number of hydrogen-bond acceptors (Lipinski definition) is 4. The molecule has 1 aliphatic heterocycles. The third kappa shape index (κ3) is 5.95. The Labute approximate surface area is 190 Å². The number of carbonyl (C=O) groups excluding carboxylic acids is 2. The Morgan fingerprint density at radius 1 is 1.06 bits per heavy atom. The number of piperidine rings is 1. The van der Waals surface area contributed by atoms with Gasteiger partial charge in [0, 0.05) is 37.2 Å².